The molecule has 0 spiro atoms. The predicted molar refractivity (Wildman–Crippen MR) is 136 cm³/mol. The van der Waals surface area contributed by atoms with Crippen molar-refractivity contribution in [1.29, 1.82) is 0 Å². The van der Waals surface area contributed by atoms with Gasteiger partial charge in [0.1, 0.15) is 11.3 Å². The van der Waals surface area contributed by atoms with Crippen LogP contribution in [0.4, 0.5) is 5.69 Å². The van der Waals surface area contributed by atoms with E-state index >= 15 is 0 Å². The number of carbonyl (C=O) groups is 1. The summed E-state index contributed by atoms with van der Waals surface area (Å²) in [6.07, 6.45) is 7.59. The van der Waals surface area contributed by atoms with Crippen LogP contribution < -0.4 is 14.8 Å². The molecule has 184 valence electrons. The second kappa shape index (κ2) is 10.9. The minimum absolute atomic E-state index is 0.0370. The van der Waals surface area contributed by atoms with Crippen LogP contribution in [0, 0.1) is 0 Å². The lowest BCUT2D eigenvalue weighted by atomic mass is 9.84. The van der Waals surface area contributed by atoms with Gasteiger partial charge in [-0.3, -0.25) is 9.52 Å². The molecule has 0 aliphatic heterocycles. The summed E-state index contributed by atoms with van der Waals surface area (Å²) in [5.74, 6) is 0.720. The van der Waals surface area contributed by atoms with Gasteiger partial charge in [-0.2, -0.15) is 0 Å². The highest BCUT2D eigenvalue weighted by Gasteiger charge is 2.19. The molecule has 3 aromatic rings. The lowest BCUT2D eigenvalue weighted by Gasteiger charge is -2.22. The Kier molecular flexibility index (Phi) is 7.70. The first-order valence-corrected chi connectivity index (χ1v) is 13.5. The van der Waals surface area contributed by atoms with Crippen LogP contribution in [0.25, 0.3) is 0 Å². The van der Waals surface area contributed by atoms with E-state index in [9.17, 15) is 13.2 Å². The van der Waals surface area contributed by atoms with E-state index in [2.05, 4.69) is 15.0 Å². The maximum atomic E-state index is 13.0. The molecule has 0 saturated heterocycles. The Morgan fingerprint density at radius 2 is 1.74 bits per heavy atom. The summed E-state index contributed by atoms with van der Waals surface area (Å²) >= 11 is 0. The van der Waals surface area contributed by atoms with E-state index in [0.717, 1.165) is 12.8 Å². The second-order valence-electron chi connectivity index (χ2n) is 9.12. The largest absolute Gasteiger partial charge is 0.438 e. The van der Waals surface area contributed by atoms with E-state index in [4.69, 9.17) is 4.74 Å². The number of pyridine rings is 1. The van der Waals surface area contributed by atoms with Crippen molar-refractivity contribution in [3.05, 3.63) is 78.0 Å². The van der Waals surface area contributed by atoms with Crippen molar-refractivity contribution in [2.75, 3.05) is 4.72 Å². The topological polar surface area (TPSA) is 97.4 Å². The summed E-state index contributed by atoms with van der Waals surface area (Å²) in [6.45, 7) is 3.74. The molecular weight excluding hydrogens is 462 g/mol. The number of amides is 1. The molecule has 0 radical (unpaired) electrons. The van der Waals surface area contributed by atoms with Crippen LogP contribution in [0.1, 0.15) is 67.8 Å². The zero-order valence-electron chi connectivity index (χ0n) is 20.0. The monoisotopic (exact) mass is 493 g/mol. The molecule has 0 bridgehead atoms. The highest BCUT2D eigenvalue weighted by Crippen LogP contribution is 2.33. The molecule has 2 aromatic carbocycles. The average molecular weight is 494 g/mol. The van der Waals surface area contributed by atoms with E-state index in [-0.39, 0.29) is 22.7 Å². The van der Waals surface area contributed by atoms with Crippen molar-refractivity contribution in [2.45, 2.75) is 62.8 Å². The van der Waals surface area contributed by atoms with Crippen LogP contribution in [-0.4, -0.2) is 25.4 Å². The van der Waals surface area contributed by atoms with Crippen molar-refractivity contribution < 1.29 is 17.9 Å². The molecule has 1 heterocycles. The number of benzene rings is 2. The number of ether oxygens (including phenoxy) is 1. The molecule has 2 N–H and O–H groups in total. The molecule has 0 unspecified atom stereocenters. The number of rotatable bonds is 8. The molecular formula is C27H31N3O4S. The maximum Gasteiger partial charge on any atom is 0.261 e. The van der Waals surface area contributed by atoms with Crippen LogP contribution in [0.3, 0.4) is 0 Å². The van der Waals surface area contributed by atoms with Crippen molar-refractivity contribution in [3.8, 4) is 11.6 Å². The highest BCUT2D eigenvalue weighted by molar-refractivity contribution is 7.92. The van der Waals surface area contributed by atoms with Gasteiger partial charge in [-0.15, -0.1) is 0 Å². The number of carbonyl (C=O) groups excluding carboxylic acids is 1. The normalized spacial score (nSPS) is 14.5. The van der Waals surface area contributed by atoms with Crippen LogP contribution in [-0.2, 0) is 10.0 Å². The van der Waals surface area contributed by atoms with Crippen molar-refractivity contribution in [3.63, 3.8) is 0 Å². The lowest BCUT2D eigenvalue weighted by Crippen LogP contribution is -2.30. The third kappa shape index (κ3) is 6.39. The Bertz CT molecular complexity index is 1270. The summed E-state index contributed by atoms with van der Waals surface area (Å²) in [5.41, 5.74) is 1.85. The minimum atomic E-state index is -3.77. The lowest BCUT2D eigenvalue weighted by molar-refractivity contribution is 0.0940. The van der Waals surface area contributed by atoms with Gasteiger partial charge in [0.2, 0.25) is 5.88 Å². The van der Waals surface area contributed by atoms with Gasteiger partial charge < -0.3 is 10.1 Å². The highest BCUT2D eigenvalue weighted by atomic mass is 32.2. The van der Waals surface area contributed by atoms with Crippen LogP contribution in [0.15, 0.2) is 71.8 Å². The fourth-order valence-electron chi connectivity index (χ4n) is 4.29. The molecule has 35 heavy (non-hydrogen) atoms. The Balaban J connectivity index is 1.48. The molecule has 1 saturated carbocycles. The quantitative estimate of drug-likeness (QED) is 0.410. The van der Waals surface area contributed by atoms with Crippen LogP contribution in [0.5, 0.6) is 11.6 Å². The molecule has 1 aliphatic rings. The van der Waals surface area contributed by atoms with Crippen LogP contribution in [0.2, 0.25) is 0 Å². The molecule has 1 aromatic heterocycles. The Hall–Kier alpha value is -3.39. The molecule has 1 aliphatic carbocycles. The number of hydrogen-bond donors (Lipinski definition) is 2. The van der Waals surface area contributed by atoms with Crippen molar-refractivity contribution >= 4 is 21.6 Å². The summed E-state index contributed by atoms with van der Waals surface area (Å²) in [5, 5.41) is 2.82. The Morgan fingerprint density at radius 1 is 1.00 bits per heavy atom. The smallest absolute Gasteiger partial charge is 0.261 e. The predicted octanol–water partition coefficient (Wildman–Crippen LogP) is 5.86. The van der Waals surface area contributed by atoms with Crippen molar-refractivity contribution in [1.82, 2.24) is 10.3 Å². The number of hydrogen-bond acceptors (Lipinski definition) is 5. The number of nitrogens with one attached hydrogen (secondary N) is 2. The number of aromatic nitrogens is 1. The fraction of sp³-hybridized carbons (Fsp3) is 0.333. The first kappa shape index (κ1) is 24.7. The van der Waals surface area contributed by atoms with E-state index in [1.54, 1.807) is 48.5 Å². The van der Waals surface area contributed by atoms with Gasteiger partial charge in [-0.05, 0) is 74.6 Å². The maximum absolute atomic E-state index is 13.0. The number of sulfonamides is 1. The fourth-order valence-corrected chi connectivity index (χ4v) is 5.34. The molecule has 4 rings (SSSR count). The summed E-state index contributed by atoms with van der Waals surface area (Å²) in [4.78, 5) is 16.9. The Labute approximate surface area is 207 Å². The first-order chi connectivity index (χ1) is 16.8. The third-order valence-electron chi connectivity index (χ3n) is 6.00. The zero-order valence-corrected chi connectivity index (χ0v) is 20.8. The van der Waals surface area contributed by atoms with Crippen molar-refractivity contribution in [2.24, 2.45) is 0 Å². The molecule has 1 fully saturated rings. The molecule has 8 heteroatoms. The number of anilines is 1. The van der Waals surface area contributed by atoms with Gasteiger partial charge in [-0.25, -0.2) is 13.4 Å². The molecule has 1 amide bonds. The summed E-state index contributed by atoms with van der Waals surface area (Å²) < 4.78 is 34.4. The minimum Gasteiger partial charge on any atom is -0.438 e. The first-order valence-electron chi connectivity index (χ1n) is 12.0. The SMILES string of the molecule is CC(C)NC(=O)c1cccnc1Oc1cccc(NS(=O)(=O)c2ccc(C3CCCCC3)cc2)c1. The van der Waals surface area contributed by atoms with Gasteiger partial charge in [0.05, 0.1) is 10.6 Å². The van der Waals surface area contributed by atoms with E-state index in [1.807, 2.05) is 26.0 Å². The third-order valence-corrected chi connectivity index (χ3v) is 7.40. The molecule has 7 nitrogen and oxygen atoms in total. The van der Waals surface area contributed by atoms with Gasteiger partial charge in [0.25, 0.3) is 15.9 Å². The van der Waals surface area contributed by atoms with Gasteiger partial charge >= 0.3 is 0 Å². The van der Waals surface area contributed by atoms with E-state index < -0.39 is 10.0 Å². The molecule has 0 atom stereocenters. The second-order valence-corrected chi connectivity index (χ2v) is 10.8. The van der Waals surface area contributed by atoms with Crippen LogP contribution >= 0.6 is 0 Å². The average Bonchev–Trinajstić information content (AvgIpc) is 2.84. The van der Waals surface area contributed by atoms with Gasteiger partial charge in [0.15, 0.2) is 0 Å². The summed E-state index contributed by atoms with van der Waals surface area (Å²) in [6, 6.07) is 17.0. The Morgan fingerprint density at radius 3 is 2.46 bits per heavy atom. The standard InChI is InChI=1S/C27H31N3O4S/c1-19(2)29-26(31)25-12-7-17-28-27(25)34-23-11-6-10-22(18-23)30-35(32,33)24-15-13-21(14-16-24)20-8-4-3-5-9-20/h6-7,10-20,30H,3-5,8-9H2,1-2H3,(H,29,31). The van der Waals surface area contributed by atoms with Gasteiger partial charge in [-0.1, -0.05) is 37.5 Å². The van der Waals surface area contributed by atoms with E-state index in [1.165, 1.54) is 31.0 Å². The summed E-state index contributed by atoms with van der Waals surface area (Å²) in [7, 11) is -3.77. The van der Waals surface area contributed by atoms with Gasteiger partial charge in [0, 0.05) is 18.3 Å². The van der Waals surface area contributed by atoms with E-state index in [0.29, 0.717) is 22.9 Å². The number of nitrogens with zero attached hydrogens (tertiary/aromatic N) is 1. The zero-order chi connectivity index (χ0) is 24.8.